The number of nitrogens with one attached hydrogen (secondary N) is 1. The Kier molecular flexibility index (Phi) is 7.07. The van der Waals surface area contributed by atoms with Crippen LogP contribution in [0.15, 0.2) is 47.4 Å². The van der Waals surface area contributed by atoms with E-state index in [9.17, 15) is 13.2 Å². The monoisotopic (exact) mass is 455 g/mol. The molecule has 1 fully saturated rings. The van der Waals surface area contributed by atoms with Crippen LogP contribution in [0.1, 0.15) is 10.4 Å². The summed E-state index contributed by atoms with van der Waals surface area (Å²) in [6.45, 7) is 1.88. The van der Waals surface area contributed by atoms with Crippen molar-refractivity contribution in [2.75, 3.05) is 49.0 Å². The lowest BCUT2D eigenvalue weighted by molar-refractivity contribution is -0.0258. The van der Waals surface area contributed by atoms with Gasteiger partial charge in [-0.1, -0.05) is 22.1 Å². The van der Waals surface area contributed by atoms with Crippen LogP contribution in [0.25, 0.3) is 0 Å². The Morgan fingerprint density at radius 3 is 2.59 bits per heavy atom. The normalized spacial score (nSPS) is 14.8. The molecule has 1 N–H and O–H groups in total. The molecule has 0 spiro atoms. The molecule has 0 bridgehead atoms. The lowest BCUT2D eigenvalue weighted by atomic mass is 10.2. The van der Waals surface area contributed by atoms with E-state index in [1.54, 1.807) is 18.2 Å². The molecule has 0 aromatic heterocycles. The molecular weight excluding hydrogens is 434 g/mol. The largest absolute Gasteiger partial charge is 0.369 e. The van der Waals surface area contributed by atoms with Crippen molar-refractivity contribution in [2.24, 2.45) is 0 Å². The Morgan fingerprint density at radius 1 is 1.21 bits per heavy atom. The van der Waals surface area contributed by atoms with Crippen molar-refractivity contribution in [1.82, 2.24) is 4.47 Å². The van der Waals surface area contributed by atoms with Gasteiger partial charge in [-0.2, -0.15) is 11.8 Å². The molecule has 29 heavy (non-hydrogen) atoms. The number of hydrogen-bond donors (Lipinski definition) is 1. The van der Waals surface area contributed by atoms with Gasteiger partial charge in [0.2, 0.25) is 0 Å². The number of hydrogen-bond acceptors (Lipinski definition) is 6. The number of amides is 1. The number of carbonyl (C=O) groups is 1. The second kappa shape index (κ2) is 9.36. The first-order valence-corrected chi connectivity index (χ1v) is 11.9. The van der Waals surface area contributed by atoms with E-state index in [4.69, 9.17) is 16.4 Å². The second-order valence-electron chi connectivity index (χ2n) is 6.34. The molecule has 10 heteroatoms. The van der Waals surface area contributed by atoms with E-state index in [0.717, 1.165) is 34.8 Å². The van der Waals surface area contributed by atoms with E-state index in [1.165, 1.54) is 32.4 Å². The highest BCUT2D eigenvalue weighted by Crippen LogP contribution is 2.30. The summed E-state index contributed by atoms with van der Waals surface area (Å²) in [5.74, 6) is 1.69. The first-order valence-electron chi connectivity index (χ1n) is 8.89. The van der Waals surface area contributed by atoms with E-state index >= 15 is 0 Å². The molecule has 0 radical (unpaired) electrons. The lowest BCUT2D eigenvalue weighted by Gasteiger charge is -2.29. The molecule has 7 nitrogen and oxygen atoms in total. The Balaban J connectivity index is 1.77. The van der Waals surface area contributed by atoms with E-state index in [-0.39, 0.29) is 10.5 Å². The van der Waals surface area contributed by atoms with Gasteiger partial charge < -0.3 is 10.2 Å². The van der Waals surface area contributed by atoms with Gasteiger partial charge in [0.15, 0.2) is 0 Å². The highest BCUT2D eigenvalue weighted by molar-refractivity contribution is 7.99. The summed E-state index contributed by atoms with van der Waals surface area (Å²) in [7, 11) is -1.30. The topological polar surface area (TPSA) is 78.9 Å². The van der Waals surface area contributed by atoms with Crippen LogP contribution < -0.4 is 10.2 Å². The Bertz CT molecular complexity index is 995. The molecular formula is C19H22ClN3O4S2. The molecule has 0 saturated carbocycles. The smallest absolute Gasteiger partial charge is 0.264 e. The summed E-state index contributed by atoms with van der Waals surface area (Å²) in [5, 5.41) is 3.33. The van der Waals surface area contributed by atoms with Crippen LogP contribution in [0.4, 0.5) is 11.4 Å². The van der Waals surface area contributed by atoms with Crippen molar-refractivity contribution in [3.63, 3.8) is 0 Å². The summed E-state index contributed by atoms with van der Waals surface area (Å²) in [6.07, 6.45) is 0. The summed E-state index contributed by atoms with van der Waals surface area (Å²) in [5.41, 5.74) is 1.70. The Hall–Kier alpha value is -1.78. The van der Waals surface area contributed by atoms with Crippen LogP contribution in [0.3, 0.4) is 0 Å². The summed E-state index contributed by atoms with van der Waals surface area (Å²) < 4.78 is 25.5. The summed E-state index contributed by atoms with van der Waals surface area (Å²) >= 11 is 8.35. The molecule has 3 rings (SSSR count). The second-order valence-corrected chi connectivity index (χ2v) is 9.91. The Morgan fingerprint density at radius 2 is 1.93 bits per heavy atom. The van der Waals surface area contributed by atoms with Crippen LogP contribution >= 0.6 is 23.4 Å². The fourth-order valence-electron chi connectivity index (χ4n) is 2.89. The van der Waals surface area contributed by atoms with Gasteiger partial charge in [-0.25, -0.2) is 8.42 Å². The van der Waals surface area contributed by atoms with E-state index < -0.39 is 15.9 Å². The van der Waals surface area contributed by atoms with Crippen molar-refractivity contribution in [1.29, 1.82) is 0 Å². The first kappa shape index (κ1) is 21.9. The van der Waals surface area contributed by atoms with Gasteiger partial charge in [0.25, 0.3) is 15.9 Å². The first-order chi connectivity index (χ1) is 13.8. The third-order valence-electron chi connectivity index (χ3n) is 4.55. The van der Waals surface area contributed by atoms with Gasteiger partial charge in [0, 0.05) is 42.9 Å². The molecule has 0 atom stereocenters. The van der Waals surface area contributed by atoms with Crippen LogP contribution in [0.2, 0.25) is 5.02 Å². The molecule has 156 valence electrons. The zero-order chi connectivity index (χ0) is 21.0. The number of nitrogens with zero attached hydrogens (tertiary/aromatic N) is 2. The van der Waals surface area contributed by atoms with Gasteiger partial charge in [-0.15, -0.1) is 0 Å². The Labute approximate surface area is 180 Å². The maximum atomic E-state index is 12.6. The van der Waals surface area contributed by atoms with Crippen LogP contribution in [0, 0.1) is 0 Å². The zero-order valence-electron chi connectivity index (χ0n) is 16.1. The lowest BCUT2D eigenvalue weighted by Crippen LogP contribution is -2.32. The van der Waals surface area contributed by atoms with Crippen molar-refractivity contribution >= 4 is 50.7 Å². The van der Waals surface area contributed by atoms with Gasteiger partial charge in [0.1, 0.15) is 0 Å². The van der Waals surface area contributed by atoms with Crippen LogP contribution in [-0.2, 0) is 14.9 Å². The number of halogens is 1. The van der Waals surface area contributed by atoms with Crippen molar-refractivity contribution < 1.29 is 18.0 Å². The number of hydroxylamine groups is 1. The quantitative estimate of drug-likeness (QED) is 0.673. The molecule has 2 aromatic carbocycles. The average Bonchev–Trinajstić information content (AvgIpc) is 2.74. The summed E-state index contributed by atoms with van der Waals surface area (Å²) in [6, 6.07) is 11.2. The highest BCUT2D eigenvalue weighted by Gasteiger charge is 2.22. The molecule has 1 aliphatic rings. The SMILES string of the molecule is CON(C)S(=O)(=O)c1cccc(C(=O)Nc2ccc(N3CCSCC3)c(Cl)c2)c1. The standard InChI is InChI=1S/C19H22ClN3O4S2/c1-22(27-2)29(25,26)16-5-3-4-14(12-16)19(24)21-15-6-7-18(17(20)13-15)23-8-10-28-11-9-23/h3-7,12-13H,8-11H2,1-2H3,(H,21,24). The van der Waals surface area contributed by atoms with Gasteiger partial charge in [-0.05, 0) is 36.4 Å². The van der Waals surface area contributed by atoms with Crippen molar-refractivity contribution in [3.8, 4) is 0 Å². The third-order valence-corrected chi connectivity index (χ3v) is 7.47. The predicted octanol–water partition coefficient (Wildman–Crippen LogP) is 3.33. The number of rotatable bonds is 6. The number of carbonyl (C=O) groups excluding carboxylic acids is 1. The zero-order valence-corrected chi connectivity index (χ0v) is 18.5. The third kappa shape index (κ3) is 5.04. The predicted molar refractivity (Wildman–Crippen MR) is 117 cm³/mol. The van der Waals surface area contributed by atoms with Gasteiger partial charge in [0.05, 0.1) is 22.7 Å². The van der Waals surface area contributed by atoms with E-state index in [1.807, 2.05) is 17.8 Å². The highest BCUT2D eigenvalue weighted by atomic mass is 35.5. The number of benzene rings is 2. The molecule has 1 aliphatic heterocycles. The molecule has 1 saturated heterocycles. The fourth-order valence-corrected chi connectivity index (χ4v) is 5.12. The minimum Gasteiger partial charge on any atom is -0.369 e. The maximum absolute atomic E-state index is 12.6. The number of anilines is 2. The molecule has 1 amide bonds. The van der Waals surface area contributed by atoms with E-state index in [0.29, 0.717) is 10.7 Å². The number of sulfonamides is 1. The molecule has 0 unspecified atom stereocenters. The molecule has 2 aromatic rings. The maximum Gasteiger partial charge on any atom is 0.264 e. The van der Waals surface area contributed by atoms with Crippen molar-refractivity contribution in [3.05, 3.63) is 53.1 Å². The molecule has 1 heterocycles. The number of thioether (sulfide) groups is 1. The van der Waals surface area contributed by atoms with E-state index in [2.05, 4.69) is 10.2 Å². The van der Waals surface area contributed by atoms with Crippen LogP contribution in [-0.4, -0.2) is 57.5 Å². The average molecular weight is 456 g/mol. The minimum atomic E-state index is -3.84. The van der Waals surface area contributed by atoms with Crippen molar-refractivity contribution in [2.45, 2.75) is 4.90 Å². The van der Waals surface area contributed by atoms with Gasteiger partial charge >= 0.3 is 0 Å². The van der Waals surface area contributed by atoms with Gasteiger partial charge in [-0.3, -0.25) is 9.63 Å². The molecule has 0 aliphatic carbocycles. The van der Waals surface area contributed by atoms with Crippen LogP contribution in [0.5, 0.6) is 0 Å². The summed E-state index contributed by atoms with van der Waals surface area (Å²) in [4.78, 5) is 19.6. The fraction of sp³-hybridized carbons (Fsp3) is 0.316. The minimum absolute atomic E-state index is 0.0363.